The number of amides is 3. The molecule has 0 aliphatic carbocycles. The first-order chi connectivity index (χ1) is 18.7. The van der Waals surface area contributed by atoms with Crippen molar-refractivity contribution in [2.45, 2.75) is 32.0 Å². The number of aromatic nitrogens is 1. The predicted molar refractivity (Wildman–Crippen MR) is 146 cm³/mol. The predicted octanol–water partition coefficient (Wildman–Crippen LogP) is 4.59. The third kappa shape index (κ3) is 5.43. The van der Waals surface area contributed by atoms with Crippen LogP contribution in [-0.4, -0.2) is 63.2 Å². The van der Waals surface area contributed by atoms with Crippen molar-refractivity contribution >= 4 is 46.4 Å². The number of nitro benzene ring substituents is 1. The van der Waals surface area contributed by atoms with Gasteiger partial charge in [-0.15, -0.1) is 11.3 Å². The van der Waals surface area contributed by atoms with Gasteiger partial charge in [0.1, 0.15) is 30.2 Å². The maximum atomic E-state index is 14.2. The van der Waals surface area contributed by atoms with Crippen LogP contribution in [0.5, 0.6) is 5.75 Å². The molecule has 2 aliphatic rings. The standard InChI is InChI=1S/C26H25ClN6O5S/c1-15(2)38-21-11-18(33(36)37)7-8-19(21)25-30-23(16-3-5-17(27)6-4-16)24(20-13-39-14-29-20)32(25)26(35)31-10-9-28-22(34)12-31/h3-8,11,13-15,23-24H,9-10,12H2,1-2H3,(H,28,34). The second-order valence-electron chi connectivity index (χ2n) is 9.34. The van der Waals surface area contributed by atoms with Crippen LogP contribution in [0.25, 0.3) is 0 Å². The van der Waals surface area contributed by atoms with E-state index in [0.29, 0.717) is 29.4 Å². The molecule has 11 nitrogen and oxygen atoms in total. The number of nitrogens with one attached hydrogen (secondary N) is 1. The molecule has 0 bridgehead atoms. The quantitative estimate of drug-likeness (QED) is 0.342. The van der Waals surface area contributed by atoms with Gasteiger partial charge in [0, 0.05) is 29.6 Å². The lowest BCUT2D eigenvalue weighted by Crippen LogP contribution is -2.55. The Kier molecular flexibility index (Phi) is 7.49. The number of urea groups is 1. The lowest BCUT2D eigenvalue weighted by atomic mass is 9.98. The number of hydrogen-bond acceptors (Lipinski definition) is 8. The van der Waals surface area contributed by atoms with E-state index in [0.717, 1.165) is 5.56 Å². The zero-order chi connectivity index (χ0) is 27.7. The van der Waals surface area contributed by atoms with Crippen molar-refractivity contribution in [3.05, 3.63) is 85.3 Å². The average Bonchev–Trinajstić information content (AvgIpc) is 3.56. The van der Waals surface area contributed by atoms with E-state index in [2.05, 4.69) is 10.3 Å². The molecule has 13 heteroatoms. The molecule has 0 radical (unpaired) electrons. The number of rotatable bonds is 6. The first kappa shape index (κ1) is 26.6. The number of ether oxygens (including phenoxy) is 1. The molecule has 2 aliphatic heterocycles. The van der Waals surface area contributed by atoms with Gasteiger partial charge < -0.3 is 15.0 Å². The molecule has 0 saturated carbocycles. The molecule has 0 spiro atoms. The Morgan fingerprint density at radius 1 is 1.26 bits per heavy atom. The van der Waals surface area contributed by atoms with Crippen molar-refractivity contribution in [1.82, 2.24) is 20.1 Å². The van der Waals surface area contributed by atoms with Crippen LogP contribution >= 0.6 is 22.9 Å². The molecular weight excluding hydrogens is 544 g/mol. The molecule has 1 fully saturated rings. The summed E-state index contributed by atoms with van der Waals surface area (Å²) < 4.78 is 5.99. The van der Waals surface area contributed by atoms with Crippen molar-refractivity contribution in [3.63, 3.8) is 0 Å². The van der Waals surface area contributed by atoms with Gasteiger partial charge in [0.15, 0.2) is 0 Å². The number of carbonyl (C=O) groups excluding carboxylic acids is 2. The molecular formula is C26H25ClN6O5S. The fourth-order valence-corrected chi connectivity index (χ4v) is 5.35. The number of non-ortho nitro benzene ring substituents is 1. The third-order valence-corrected chi connectivity index (χ3v) is 7.18. The van der Waals surface area contributed by atoms with Gasteiger partial charge in [-0.1, -0.05) is 23.7 Å². The summed E-state index contributed by atoms with van der Waals surface area (Å²) in [7, 11) is 0. The molecule has 202 valence electrons. The van der Waals surface area contributed by atoms with Gasteiger partial charge in [-0.2, -0.15) is 0 Å². The van der Waals surface area contributed by atoms with Crippen molar-refractivity contribution < 1.29 is 19.2 Å². The summed E-state index contributed by atoms with van der Waals surface area (Å²) in [5.41, 5.74) is 3.38. The molecule has 1 saturated heterocycles. The monoisotopic (exact) mass is 568 g/mol. The first-order valence-corrected chi connectivity index (χ1v) is 13.6. The summed E-state index contributed by atoms with van der Waals surface area (Å²) >= 11 is 7.55. The van der Waals surface area contributed by atoms with Gasteiger partial charge in [0.25, 0.3) is 5.69 Å². The topological polar surface area (TPSA) is 130 Å². The molecule has 2 atom stereocenters. The van der Waals surface area contributed by atoms with Crippen LogP contribution in [0.15, 0.2) is 58.3 Å². The van der Waals surface area contributed by atoms with Gasteiger partial charge in [0.05, 0.1) is 33.9 Å². The molecule has 3 aromatic rings. The van der Waals surface area contributed by atoms with Crippen LogP contribution in [0.2, 0.25) is 5.02 Å². The number of hydrogen-bond donors (Lipinski definition) is 1. The Balaban J connectivity index is 1.70. The van der Waals surface area contributed by atoms with E-state index in [9.17, 15) is 19.7 Å². The number of nitro groups is 1. The molecule has 2 aromatic carbocycles. The Labute approximate surface area is 233 Å². The van der Waals surface area contributed by atoms with E-state index in [-0.39, 0.29) is 35.8 Å². The number of piperazine rings is 1. The number of halogens is 1. The summed E-state index contributed by atoms with van der Waals surface area (Å²) in [4.78, 5) is 49.9. The normalized spacial score (nSPS) is 19.2. The Morgan fingerprint density at radius 3 is 2.67 bits per heavy atom. The lowest BCUT2D eigenvalue weighted by Gasteiger charge is -2.35. The van der Waals surface area contributed by atoms with Crippen molar-refractivity contribution in [1.29, 1.82) is 0 Å². The fraction of sp³-hybridized carbons (Fsp3) is 0.308. The maximum absolute atomic E-state index is 14.2. The smallest absolute Gasteiger partial charge is 0.326 e. The number of nitrogens with zero attached hydrogens (tertiary/aromatic N) is 5. The largest absolute Gasteiger partial charge is 0.490 e. The second kappa shape index (κ2) is 11.0. The highest BCUT2D eigenvalue weighted by atomic mass is 35.5. The van der Waals surface area contributed by atoms with Crippen LogP contribution in [0, 0.1) is 10.1 Å². The van der Waals surface area contributed by atoms with E-state index in [1.54, 1.807) is 23.7 Å². The lowest BCUT2D eigenvalue weighted by molar-refractivity contribution is -0.384. The van der Waals surface area contributed by atoms with Crippen LogP contribution in [-0.2, 0) is 4.79 Å². The Hall–Kier alpha value is -4.03. The van der Waals surface area contributed by atoms with Gasteiger partial charge in [0.2, 0.25) is 5.91 Å². The van der Waals surface area contributed by atoms with Crippen LogP contribution in [0.3, 0.4) is 0 Å². The van der Waals surface area contributed by atoms with E-state index >= 15 is 0 Å². The van der Waals surface area contributed by atoms with Gasteiger partial charge in [-0.05, 0) is 37.6 Å². The number of aliphatic imine (C=N–C) groups is 1. The third-order valence-electron chi connectivity index (χ3n) is 6.33. The summed E-state index contributed by atoms with van der Waals surface area (Å²) in [5, 5.41) is 16.7. The number of amidine groups is 1. The number of thiazole rings is 1. The van der Waals surface area contributed by atoms with Crippen LogP contribution in [0.1, 0.15) is 42.8 Å². The average molecular weight is 569 g/mol. The molecule has 1 aromatic heterocycles. The highest BCUT2D eigenvalue weighted by molar-refractivity contribution is 7.07. The van der Waals surface area contributed by atoms with Crippen LogP contribution < -0.4 is 10.1 Å². The zero-order valence-corrected chi connectivity index (χ0v) is 22.7. The minimum absolute atomic E-state index is 0.104. The van der Waals surface area contributed by atoms with E-state index in [1.807, 2.05) is 31.4 Å². The highest BCUT2D eigenvalue weighted by Crippen LogP contribution is 2.45. The molecule has 39 heavy (non-hydrogen) atoms. The molecule has 1 N–H and O–H groups in total. The minimum Gasteiger partial charge on any atom is -0.490 e. The molecule has 5 rings (SSSR count). The first-order valence-electron chi connectivity index (χ1n) is 12.2. The second-order valence-corrected chi connectivity index (χ2v) is 10.5. The zero-order valence-electron chi connectivity index (χ0n) is 21.1. The Morgan fingerprint density at radius 2 is 2.03 bits per heavy atom. The number of benzene rings is 2. The van der Waals surface area contributed by atoms with Gasteiger partial charge >= 0.3 is 6.03 Å². The summed E-state index contributed by atoms with van der Waals surface area (Å²) in [6, 6.07) is 9.79. The summed E-state index contributed by atoms with van der Waals surface area (Å²) in [6.07, 6.45) is -0.302. The summed E-state index contributed by atoms with van der Waals surface area (Å²) in [5.74, 6) is 0.237. The molecule has 3 heterocycles. The minimum atomic E-state index is -0.646. The van der Waals surface area contributed by atoms with Crippen molar-refractivity contribution in [2.75, 3.05) is 19.6 Å². The molecule has 2 unspecified atom stereocenters. The van der Waals surface area contributed by atoms with Crippen molar-refractivity contribution in [3.8, 4) is 5.75 Å². The number of carbonyl (C=O) groups is 2. The fourth-order valence-electron chi connectivity index (χ4n) is 4.64. The van der Waals surface area contributed by atoms with E-state index < -0.39 is 23.0 Å². The van der Waals surface area contributed by atoms with Gasteiger partial charge in [-0.3, -0.25) is 24.8 Å². The Bertz CT molecular complexity index is 1430. The van der Waals surface area contributed by atoms with Crippen molar-refractivity contribution in [2.24, 2.45) is 4.99 Å². The van der Waals surface area contributed by atoms with Crippen LogP contribution in [0.4, 0.5) is 10.5 Å². The van der Waals surface area contributed by atoms with E-state index in [1.165, 1.54) is 33.3 Å². The van der Waals surface area contributed by atoms with E-state index in [4.69, 9.17) is 21.3 Å². The maximum Gasteiger partial charge on any atom is 0.326 e. The molecule has 3 amide bonds. The SMILES string of the molecule is CC(C)Oc1cc([N+](=O)[O-])ccc1C1=NC(c2ccc(Cl)cc2)C(c2cscn2)N1C(=O)N1CCNC(=O)C1. The van der Waals surface area contributed by atoms with Gasteiger partial charge in [-0.25, -0.2) is 9.78 Å². The summed E-state index contributed by atoms with van der Waals surface area (Å²) in [6.45, 7) is 4.16. The highest BCUT2D eigenvalue weighted by Gasteiger charge is 2.46.